The van der Waals surface area contributed by atoms with Crippen molar-refractivity contribution >= 4 is 22.8 Å². The molecule has 0 amide bonds. The summed E-state index contributed by atoms with van der Waals surface area (Å²) in [5.41, 5.74) is 7.61. The van der Waals surface area contributed by atoms with Gasteiger partial charge in [-0.3, -0.25) is 10.2 Å². The minimum atomic E-state index is 0.597. The summed E-state index contributed by atoms with van der Waals surface area (Å²) in [6, 6.07) is 3.76. The van der Waals surface area contributed by atoms with Gasteiger partial charge in [0.15, 0.2) is 17.3 Å². The van der Waals surface area contributed by atoms with Crippen LogP contribution in [0, 0.1) is 27.7 Å². The molecule has 0 aliphatic rings. The fraction of sp³-hybridized carbons (Fsp3) is 0.316. The van der Waals surface area contributed by atoms with E-state index in [1.54, 1.807) is 6.20 Å². The highest BCUT2D eigenvalue weighted by atomic mass is 15.2. The molecule has 0 aliphatic heterocycles. The minimum Gasteiger partial charge on any atom is -0.363 e. The molecule has 0 radical (unpaired) electrons. The van der Waals surface area contributed by atoms with Gasteiger partial charge in [0.1, 0.15) is 5.52 Å². The van der Waals surface area contributed by atoms with Gasteiger partial charge in [-0.15, -0.1) is 0 Å². The highest BCUT2D eigenvalue weighted by Gasteiger charge is 2.13. The second-order valence-electron chi connectivity index (χ2n) is 6.80. The minimum absolute atomic E-state index is 0.597. The van der Waals surface area contributed by atoms with Gasteiger partial charge in [0.25, 0.3) is 0 Å². The van der Waals surface area contributed by atoms with Gasteiger partial charge in [0, 0.05) is 41.8 Å². The van der Waals surface area contributed by atoms with Gasteiger partial charge in [0.2, 0.25) is 0 Å². The maximum absolute atomic E-state index is 4.73. The molecule has 0 aliphatic carbocycles. The molecule has 0 spiro atoms. The average molecular weight is 377 g/mol. The van der Waals surface area contributed by atoms with Crippen LogP contribution in [0.15, 0.2) is 18.3 Å². The zero-order valence-corrected chi connectivity index (χ0v) is 16.4. The van der Waals surface area contributed by atoms with Crippen LogP contribution in [0.4, 0.5) is 11.6 Å². The van der Waals surface area contributed by atoms with Crippen molar-refractivity contribution in [1.82, 2.24) is 35.3 Å². The van der Waals surface area contributed by atoms with Crippen molar-refractivity contribution in [3.8, 4) is 0 Å². The molecule has 0 aromatic carbocycles. The van der Waals surface area contributed by atoms with Crippen LogP contribution in [0.3, 0.4) is 0 Å². The molecule has 4 N–H and O–H groups in total. The predicted molar refractivity (Wildman–Crippen MR) is 108 cm³/mol. The van der Waals surface area contributed by atoms with Crippen LogP contribution in [-0.2, 0) is 13.1 Å². The lowest BCUT2D eigenvalue weighted by Gasteiger charge is -2.13. The lowest BCUT2D eigenvalue weighted by atomic mass is 10.2. The predicted octanol–water partition coefficient (Wildman–Crippen LogP) is 2.93. The average Bonchev–Trinajstić information content (AvgIpc) is 3.19. The summed E-state index contributed by atoms with van der Waals surface area (Å²) in [4.78, 5) is 13.7. The highest BCUT2D eigenvalue weighted by Crippen LogP contribution is 2.23. The van der Waals surface area contributed by atoms with Crippen molar-refractivity contribution < 1.29 is 0 Å². The fourth-order valence-corrected chi connectivity index (χ4v) is 3.15. The zero-order valence-electron chi connectivity index (χ0n) is 16.4. The molecule has 4 rings (SSSR count). The first kappa shape index (κ1) is 17.9. The third-order valence-corrected chi connectivity index (χ3v) is 4.87. The third-order valence-electron chi connectivity index (χ3n) is 4.87. The lowest BCUT2D eigenvalue weighted by Crippen LogP contribution is -2.11. The summed E-state index contributed by atoms with van der Waals surface area (Å²) in [6.07, 6.45) is 1.72. The van der Waals surface area contributed by atoms with Gasteiger partial charge >= 0.3 is 0 Å². The number of aryl methyl sites for hydroxylation is 4. The van der Waals surface area contributed by atoms with E-state index < -0.39 is 0 Å². The molecule has 144 valence electrons. The number of hydrogen-bond donors (Lipinski definition) is 4. The third kappa shape index (κ3) is 3.38. The van der Waals surface area contributed by atoms with Crippen molar-refractivity contribution in [2.75, 3.05) is 10.6 Å². The van der Waals surface area contributed by atoms with Crippen molar-refractivity contribution in [3.63, 3.8) is 0 Å². The summed E-state index contributed by atoms with van der Waals surface area (Å²) in [5, 5.41) is 21.3. The van der Waals surface area contributed by atoms with E-state index in [1.807, 2.05) is 39.8 Å². The fourth-order valence-electron chi connectivity index (χ4n) is 3.15. The van der Waals surface area contributed by atoms with Gasteiger partial charge in [-0.05, 0) is 39.8 Å². The smallest absolute Gasteiger partial charge is 0.180 e. The quantitative estimate of drug-likeness (QED) is 0.408. The number of nitrogens with one attached hydrogen (secondary N) is 4. The van der Waals surface area contributed by atoms with E-state index in [0.717, 1.165) is 39.4 Å². The van der Waals surface area contributed by atoms with E-state index in [0.29, 0.717) is 30.4 Å². The number of aromatic amines is 2. The van der Waals surface area contributed by atoms with Crippen LogP contribution >= 0.6 is 0 Å². The van der Waals surface area contributed by atoms with E-state index in [9.17, 15) is 0 Å². The second-order valence-corrected chi connectivity index (χ2v) is 6.80. The lowest BCUT2D eigenvalue weighted by molar-refractivity contribution is 1.02. The Bertz CT molecular complexity index is 998. The topological polar surface area (TPSA) is 120 Å². The summed E-state index contributed by atoms with van der Waals surface area (Å²) >= 11 is 0. The molecule has 9 heteroatoms. The van der Waals surface area contributed by atoms with Gasteiger partial charge < -0.3 is 10.6 Å². The number of anilines is 2. The van der Waals surface area contributed by atoms with Crippen LogP contribution in [0.2, 0.25) is 0 Å². The maximum atomic E-state index is 4.73. The Morgan fingerprint density at radius 3 is 1.93 bits per heavy atom. The first-order chi connectivity index (χ1) is 13.5. The molecule has 0 saturated carbocycles. The summed E-state index contributed by atoms with van der Waals surface area (Å²) < 4.78 is 0. The van der Waals surface area contributed by atoms with E-state index in [2.05, 4.69) is 41.0 Å². The van der Waals surface area contributed by atoms with Crippen LogP contribution in [0.1, 0.15) is 33.9 Å². The molecule has 28 heavy (non-hydrogen) atoms. The Morgan fingerprint density at radius 2 is 1.39 bits per heavy atom. The normalized spacial score (nSPS) is 11.1. The Hall–Kier alpha value is -3.49. The monoisotopic (exact) mass is 377 g/mol. The van der Waals surface area contributed by atoms with Gasteiger partial charge in [-0.1, -0.05) is 0 Å². The van der Waals surface area contributed by atoms with E-state index in [-0.39, 0.29) is 0 Å². The number of nitrogens with zero attached hydrogens (tertiary/aromatic N) is 5. The Kier molecular flexibility index (Phi) is 4.64. The Morgan fingerprint density at radius 1 is 0.821 bits per heavy atom. The summed E-state index contributed by atoms with van der Waals surface area (Å²) in [6.45, 7) is 9.19. The number of aromatic nitrogens is 7. The Balaban J connectivity index is 1.64. The zero-order chi connectivity index (χ0) is 19.7. The molecule has 0 atom stereocenters. The van der Waals surface area contributed by atoms with E-state index in [4.69, 9.17) is 4.98 Å². The number of rotatable bonds is 6. The molecule has 0 fully saturated rings. The molecule has 0 saturated heterocycles. The van der Waals surface area contributed by atoms with Crippen molar-refractivity contribution in [3.05, 3.63) is 52.2 Å². The first-order valence-electron chi connectivity index (χ1n) is 9.14. The van der Waals surface area contributed by atoms with E-state index >= 15 is 0 Å². The van der Waals surface area contributed by atoms with Crippen LogP contribution in [0.5, 0.6) is 0 Å². The molecular formula is C19H23N9. The molecular weight excluding hydrogens is 354 g/mol. The molecule has 9 nitrogen and oxygen atoms in total. The SMILES string of the molecule is Cc1n[nH]c(C)c1CNc1nc2cccnc2nc1NCc1c(C)n[nH]c1C. The second kappa shape index (κ2) is 7.26. The first-order valence-corrected chi connectivity index (χ1v) is 9.14. The molecule has 0 bridgehead atoms. The van der Waals surface area contributed by atoms with Crippen LogP contribution < -0.4 is 10.6 Å². The van der Waals surface area contributed by atoms with Gasteiger partial charge in [0.05, 0.1) is 11.4 Å². The number of H-pyrrole nitrogens is 2. The standard InChI is InChI=1S/C19H23N9/c1-10-14(11(2)26-25-10)8-21-18-19(22-9-15-12(3)27-28-13(15)4)24-17-16(23-18)6-5-7-20-17/h5-7H,8-9H2,1-4H3,(H,21,23)(H,25,26)(H,27,28)(H,20,22,24). The van der Waals surface area contributed by atoms with Crippen LogP contribution in [0.25, 0.3) is 11.2 Å². The van der Waals surface area contributed by atoms with Crippen molar-refractivity contribution in [2.45, 2.75) is 40.8 Å². The number of pyridine rings is 1. The highest BCUT2D eigenvalue weighted by molar-refractivity contribution is 5.77. The largest absolute Gasteiger partial charge is 0.363 e. The molecule has 0 unspecified atom stereocenters. The van der Waals surface area contributed by atoms with Crippen LogP contribution in [-0.4, -0.2) is 35.3 Å². The number of hydrogen-bond acceptors (Lipinski definition) is 7. The van der Waals surface area contributed by atoms with Crippen molar-refractivity contribution in [1.29, 1.82) is 0 Å². The Labute approximate surface area is 162 Å². The summed E-state index contributed by atoms with van der Waals surface area (Å²) in [7, 11) is 0. The molecule has 4 aromatic heterocycles. The summed E-state index contributed by atoms with van der Waals surface area (Å²) in [5.74, 6) is 1.34. The van der Waals surface area contributed by atoms with Crippen molar-refractivity contribution in [2.24, 2.45) is 0 Å². The molecule has 4 aromatic rings. The van der Waals surface area contributed by atoms with Gasteiger partial charge in [-0.2, -0.15) is 10.2 Å². The van der Waals surface area contributed by atoms with E-state index in [1.165, 1.54) is 0 Å². The maximum Gasteiger partial charge on any atom is 0.180 e. The molecule has 4 heterocycles. The number of fused-ring (bicyclic) bond motifs is 1. The van der Waals surface area contributed by atoms with Gasteiger partial charge in [-0.25, -0.2) is 15.0 Å².